The van der Waals surface area contributed by atoms with Crippen LogP contribution < -0.4 is 5.32 Å². The van der Waals surface area contributed by atoms with Gasteiger partial charge in [0.05, 0.1) is 25.0 Å². The van der Waals surface area contributed by atoms with Gasteiger partial charge in [-0.3, -0.25) is 9.69 Å². The van der Waals surface area contributed by atoms with Gasteiger partial charge in [-0.05, 0) is 33.0 Å². The normalized spacial score (nSPS) is 14.6. The molecule has 0 aromatic carbocycles. The van der Waals surface area contributed by atoms with Crippen molar-refractivity contribution >= 4 is 5.91 Å². The van der Waals surface area contributed by atoms with E-state index in [0.29, 0.717) is 6.54 Å². The fourth-order valence-corrected chi connectivity index (χ4v) is 1.66. The van der Waals surface area contributed by atoms with Crippen LogP contribution in [0.15, 0.2) is 22.8 Å². The molecule has 1 amide bonds. The zero-order valence-corrected chi connectivity index (χ0v) is 10.5. The molecule has 0 radical (unpaired) electrons. The zero-order chi connectivity index (χ0) is 12.8. The first-order valence-corrected chi connectivity index (χ1v) is 5.68. The van der Waals surface area contributed by atoms with Crippen LogP contribution in [0.2, 0.25) is 0 Å². The van der Waals surface area contributed by atoms with Crippen LogP contribution in [-0.2, 0) is 4.79 Å². The van der Waals surface area contributed by atoms with Gasteiger partial charge in [0.1, 0.15) is 5.76 Å². The van der Waals surface area contributed by atoms with Crippen molar-refractivity contribution in [2.24, 2.45) is 0 Å². The number of aliphatic hydroxyl groups excluding tert-OH is 1. The number of amides is 1. The number of hydrogen-bond donors (Lipinski definition) is 2. The van der Waals surface area contributed by atoms with E-state index in [-0.39, 0.29) is 18.5 Å². The van der Waals surface area contributed by atoms with Crippen LogP contribution in [0.3, 0.4) is 0 Å². The largest absolute Gasteiger partial charge is 0.467 e. The number of nitrogens with one attached hydrogen (secondary N) is 1. The smallest absolute Gasteiger partial charge is 0.234 e. The molecule has 17 heavy (non-hydrogen) atoms. The second-order valence-corrected chi connectivity index (χ2v) is 4.35. The van der Waals surface area contributed by atoms with Crippen molar-refractivity contribution in [3.8, 4) is 0 Å². The minimum absolute atomic E-state index is 0.0861. The third kappa shape index (κ3) is 5.01. The van der Waals surface area contributed by atoms with Gasteiger partial charge < -0.3 is 14.8 Å². The van der Waals surface area contributed by atoms with Crippen LogP contribution in [0.5, 0.6) is 0 Å². The molecule has 0 spiro atoms. The van der Waals surface area contributed by atoms with E-state index >= 15 is 0 Å². The van der Waals surface area contributed by atoms with Gasteiger partial charge in [-0.2, -0.15) is 0 Å². The highest BCUT2D eigenvalue weighted by molar-refractivity contribution is 5.78. The SMILES string of the molecule is CC(O)CN(C)CC(=O)NC(C)c1ccco1. The maximum atomic E-state index is 11.7. The predicted octanol–water partition coefficient (Wildman–Crippen LogP) is 0.769. The fraction of sp³-hybridized carbons (Fsp3) is 0.583. The van der Waals surface area contributed by atoms with Crippen LogP contribution in [0.4, 0.5) is 0 Å². The average Bonchev–Trinajstić information content (AvgIpc) is 2.67. The molecule has 5 heteroatoms. The lowest BCUT2D eigenvalue weighted by molar-refractivity contribution is -0.122. The number of furan rings is 1. The number of aliphatic hydroxyl groups is 1. The molecule has 2 unspecified atom stereocenters. The summed E-state index contributed by atoms with van der Waals surface area (Å²) in [7, 11) is 1.80. The van der Waals surface area contributed by atoms with Crippen LogP contribution in [0, 0.1) is 0 Å². The summed E-state index contributed by atoms with van der Waals surface area (Å²) in [5.74, 6) is 0.647. The van der Waals surface area contributed by atoms with Crippen LogP contribution >= 0.6 is 0 Å². The van der Waals surface area contributed by atoms with Gasteiger partial charge in [-0.25, -0.2) is 0 Å². The molecule has 96 valence electrons. The van der Waals surface area contributed by atoms with Gasteiger partial charge in [0.15, 0.2) is 0 Å². The highest BCUT2D eigenvalue weighted by atomic mass is 16.3. The summed E-state index contributed by atoms with van der Waals surface area (Å²) in [5.41, 5.74) is 0. The van der Waals surface area contributed by atoms with E-state index in [1.165, 1.54) is 0 Å². The van der Waals surface area contributed by atoms with Crippen molar-refractivity contribution in [3.05, 3.63) is 24.2 Å². The Labute approximate surface area is 101 Å². The van der Waals surface area contributed by atoms with E-state index in [1.807, 2.05) is 13.0 Å². The maximum Gasteiger partial charge on any atom is 0.234 e. The Morgan fingerprint density at radius 3 is 2.82 bits per heavy atom. The van der Waals surface area contributed by atoms with Crippen molar-refractivity contribution in [2.45, 2.75) is 26.0 Å². The van der Waals surface area contributed by atoms with Gasteiger partial charge in [0.2, 0.25) is 5.91 Å². The summed E-state index contributed by atoms with van der Waals surface area (Å²) < 4.78 is 5.20. The van der Waals surface area contributed by atoms with Crippen LogP contribution in [0.25, 0.3) is 0 Å². The first kappa shape index (κ1) is 13.7. The molecule has 5 nitrogen and oxygen atoms in total. The van der Waals surface area contributed by atoms with E-state index in [9.17, 15) is 9.90 Å². The standard InChI is InChI=1S/C12H20N2O3/c1-9(15)7-14(3)8-12(16)13-10(2)11-5-4-6-17-11/h4-6,9-10,15H,7-8H2,1-3H3,(H,13,16). The summed E-state index contributed by atoms with van der Waals surface area (Å²) >= 11 is 0. The van der Waals surface area contributed by atoms with Gasteiger partial charge in [0.25, 0.3) is 0 Å². The molecule has 1 aromatic rings. The second kappa shape index (κ2) is 6.42. The molecule has 0 fully saturated rings. The second-order valence-electron chi connectivity index (χ2n) is 4.35. The lowest BCUT2D eigenvalue weighted by Gasteiger charge is -2.19. The minimum Gasteiger partial charge on any atom is -0.467 e. The lowest BCUT2D eigenvalue weighted by atomic mass is 10.2. The quantitative estimate of drug-likeness (QED) is 0.771. The topological polar surface area (TPSA) is 65.7 Å². The maximum absolute atomic E-state index is 11.7. The summed E-state index contributed by atoms with van der Waals surface area (Å²) in [6.45, 7) is 4.30. The zero-order valence-electron chi connectivity index (χ0n) is 10.5. The summed E-state index contributed by atoms with van der Waals surface area (Å²) in [6, 6.07) is 3.47. The van der Waals surface area contributed by atoms with E-state index in [1.54, 1.807) is 31.2 Å². The molecule has 2 atom stereocenters. The number of carbonyl (C=O) groups excluding carboxylic acids is 1. The summed E-state index contributed by atoms with van der Waals surface area (Å²) in [6.07, 6.45) is 1.15. The van der Waals surface area contributed by atoms with Gasteiger partial charge in [-0.15, -0.1) is 0 Å². The third-order valence-corrected chi connectivity index (χ3v) is 2.34. The Morgan fingerprint density at radius 2 is 2.29 bits per heavy atom. The van der Waals surface area contributed by atoms with Crippen molar-refractivity contribution in [1.82, 2.24) is 10.2 Å². The lowest BCUT2D eigenvalue weighted by Crippen LogP contribution is -2.38. The number of rotatable bonds is 6. The molecule has 0 aliphatic carbocycles. The fourth-order valence-electron chi connectivity index (χ4n) is 1.66. The molecule has 0 aliphatic heterocycles. The van der Waals surface area contributed by atoms with Crippen LogP contribution in [0.1, 0.15) is 25.6 Å². The number of hydrogen-bond acceptors (Lipinski definition) is 4. The van der Waals surface area contributed by atoms with E-state index < -0.39 is 6.10 Å². The van der Waals surface area contributed by atoms with Crippen molar-refractivity contribution in [2.75, 3.05) is 20.1 Å². The number of carbonyl (C=O) groups is 1. The Balaban J connectivity index is 2.34. The van der Waals surface area contributed by atoms with E-state index in [2.05, 4.69) is 5.32 Å². The highest BCUT2D eigenvalue weighted by Crippen LogP contribution is 2.11. The highest BCUT2D eigenvalue weighted by Gasteiger charge is 2.13. The molecule has 1 aromatic heterocycles. The molecule has 2 N–H and O–H groups in total. The summed E-state index contributed by atoms with van der Waals surface area (Å²) in [5, 5.41) is 12.0. The van der Waals surface area contributed by atoms with Crippen molar-refractivity contribution < 1.29 is 14.3 Å². The van der Waals surface area contributed by atoms with Crippen LogP contribution in [-0.4, -0.2) is 42.2 Å². The van der Waals surface area contributed by atoms with E-state index in [0.717, 1.165) is 5.76 Å². The Bertz CT molecular complexity index is 336. The van der Waals surface area contributed by atoms with Gasteiger partial charge >= 0.3 is 0 Å². The molecule has 0 bridgehead atoms. The molecule has 0 saturated heterocycles. The van der Waals surface area contributed by atoms with E-state index in [4.69, 9.17) is 4.42 Å². The molecule has 0 aliphatic rings. The first-order chi connectivity index (χ1) is 7.99. The minimum atomic E-state index is -0.435. The summed E-state index contributed by atoms with van der Waals surface area (Å²) in [4.78, 5) is 13.4. The first-order valence-electron chi connectivity index (χ1n) is 5.68. The van der Waals surface area contributed by atoms with Crippen molar-refractivity contribution in [3.63, 3.8) is 0 Å². The van der Waals surface area contributed by atoms with Gasteiger partial charge in [0, 0.05) is 6.54 Å². The molecule has 0 saturated carbocycles. The monoisotopic (exact) mass is 240 g/mol. The molecular weight excluding hydrogens is 220 g/mol. The predicted molar refractivity (Wildman–Crippen MR) is 64.4 cm³/mol. The molecule has 1 heterocycles. The Kier molecular flexibility index (Phi) is 5.18. The Morgan fingerprint density at radius 1 is 1.59 bits per heavy atom. The molecular formula is C12H20N2O3. The Hall–Kier alpha value is -1.33. The van der Waals surface area contributed by atoms with Gasteiger partial charge in [-0.1, -0.05) is 0 Å². The average molecular weight is 240 g/mol. The third-order valence-electron chi connectivity index (χ3n) is 2.34. The van der Waals surface area contributed by atoms with Crippen molar-refractivity contribution in [1.29, 1.82) is 0 Å². The molecule has 1 rings (SSSR count). The number of nitrogens with zero attached hydrogens (tertiary/aromatic N) is 1. The number of likely N-dealkylation sites (N-methyl/N-ethyl adjacent to an activating group) is 1.